The van der Waals surface area contributed by atoms with E-state index in [9.17, 15) is 4.79 Å². The van der Waals surface area contributed by atoms with Crippen molar-refractivity contribution in [1.82, 2.24) is 5.32 Å². The molecule has 0 aliphatic carbocycles. The monoisotopic (exact) mass is 218 g/mol. The van der Waals surface area contributed by atoms with Crippen molar-refractivity contribution in [2.24, 2.45) is 5.92 Å². The van der Waals surface area contributed by atoms with Gasteiger partial charge >= 0.3 is 0 Å². The number of anilines is 1. The summed E-state index contributed by atoms with van der Waals surface area (Å²) in [5, 5.41) is 6.48. The van der Waals surface area contributed by atoms with Gasteiger partial charge in [0.2, 0.25) is 0 Å². The lowest BCUT2D eigenvalue weighted by atomic mass is 10.0. The standard InChI is InChI=1S/C13H18N2O/c16-13(11-6-8-14-10-11)7-9-15-12-4-2-1-3-5-12/h1-5,11,14-15H,6-10H2. The van der Waals surface area contributed by atoms with Gasteiger partial charge in [0, 0.05) is 31.1 Å². The predicted molar refractivity (Wildman–Crippen MR) is 65.5 cm³/mol. The van der Waals surface area contributed by atoms with Gasteiger partial charge in [0.1, 0.15) is 5.78 Å². The average Bonchev–Trinajstić information content (AvgIpc) is 2.84. The van der Waals surface area contributed by atoms with Gasteiger partial charge in [-0.25, -0.2) is 0 Å². The minimum absolute atomic E-state index is 0.248. The molecule has 1 aliphatic heterocycles. The number of hydrogen-bond acceptors (Lipinski definition) is 3. The summed E-state index contributed by atoms with van der Waals surface area (Å²) in [6.45, 7) is 2.59. The fourth-order valence-corrected chi connectivity index (χ4v) is 2.02. The molecule has 1 unspecified atom stereocenters. The van der Waals surface area contributed by atoms with Crippen LogP contribution in [0.1, 0.15) is 12.8 Å². The third-order valence-electron chi connectivity index (χ3n) is 2.99. The molecule has 0 aromatic heterocycles. The van der Waals surface area contributed by atoms with E-state index >= 15 is 0 Å². The van der Waals surface area contributed by atoms with Crippen LogP contribution in [0.4, 0.5) is 5.69 Å². The highest BCUT2D eigenvalue weighted by Gasteiger charge is 2.21. The number of carbonyl (C=O) groups is 1. The number of nitrogens with one attached hydrogen (secondary N) is 2. The molecule has 16 heavy (non-hydrogen) atoms. The maximum Gasteiger partial charge on any atom is 0.139 e. The fourth-order valence-electron chi connectivity index (χ4n) is 2.02. The minimum atomic E-state index is 0.248. The number of carbonyl (C=O) groups excluding carboxylic acids is 1. The molecule has 3 nitrogen and oxygen atoms in total. The maximum absolute atomic E-state index is 11.8. The van der Waals surface area contributed by atoms with Crippen LogP contribution in [0.15, 0.2) is 30.3 Å². The van der Waals surface area contributed by atoms with Crippen molar-refractivity contribution in [3.63, 3.8) is 0 Å². The topological polar surface area (TPSA) is 41.1 Å². The number of hydrogen-bond donors (Lipinski definition) is 2. The molecule has 1 aromatic rings. The van der Waals surface area contributed by atoms with E-state index < -0.39 is 0 Å². The van der Waals surface area contributed by atoms with E-state index in [1.807, 2.05) is 30.3 Å². The largest absolute Gasteiger partial charge is 0.385 e. The Morgan fingerprint density at radius 2 is 2.19 bits per heavy atom. The lowest BCUT2D eigenvalue weighted by Gasteiger charge is -2.08. The summed E-state index contributed by atoms with van der Waals surface area (Å²) in [6.07, 6.45) is 1.63. The van der Waals surface area contributed by atoms with Gasteiger partial charge < -0.3 is 10.6 Å². The molecule has 0 bridgehead atoms. The number of benzene rings is 1. The third-order valence-corrected chi connectivity index (χ3v) is 2.99. The minimum Gasteiger partial charge on any atom is -0.385 e. The molecule has 0 amide bonds. The molecule has 1 atom stereocenters. The summed E-state index contributed by atoms with van der Waals surface area (Å²) >= 11 is 0. The zero-order valence-corrected chi connectivity index (χ0v) is 9.41. The van der Waals surface area contributed by atoms with Crippen molar-refractivity contribution in [3.8, 4) is 0 Å². The zero-order chi connectivity index (χ0) is 11.2. The molecule has 2 rings (SSSR count). The molecule has 0 radical (unpaired) electrons. The molecule has 0 saturated carbocycles. The SMILES string of the molecule is O=C(CCNc1ccccc1)C1CCNC1. The Hall–Kier alpha value is -1.35. The van der Waals surface area contributed by atoms with Gasteiger partial charge in [-0.2, -0.15) is 0 Å². The lowest BCUT2D eigenvalue weighted by molar-refractivity contribution is -0.122. The number of rotatable bonds is 5. The molecular weight excluding hydrogens is 200 g/mol. The second-order valence-corrected chi connectivity index (χ2v) is 4.20. The van der Waals surface area contributed by atoms with Crippen LogP contribution >= 0.6 is 0 Å². The smallest absolute Gasteiger partial charge is 0.139 e. The first-order chi connectivity index (χ1) is 7.86. The molecule has 86 valence electrons. The van der Waals surface area contributed by atoms with Crippen LogP contribution in [-0.2, 0) is 4.79 Å². The van der Waals surface area contributed by atoms with E-state index in [1.165, 1.54) is 0 Å². The van der Waals surface area contributed by atoms with Gasteiger partial charge in [0.15, 0.2) is 0 Å². The van der Waals surface area contributed by atoms with Crippen LogP contribution in [0.2, 0.25) is 0 Å². The molecule has 3 heteroatoms. The molecule has 1 saturated heterocycles. The molecule has 0 spiro atoms. The van der Waals surface area contributed by atoms with Crippen LogP contribution in [-0.4, -0.2) is 25.4 Å². The highest BCUT2D eigenvalue weighted by molar-refractivity contribution is 5.82. The van der Waals surface area contributed by atoms with E-state index in [2.05, 4.69) is 10.6 Å². The first-order valence-electron chi connectivity index (χ1n) is 5.88. The highest BCUT2D eigenvalue weighted by Crippen LogP contribution is 2.11. The average molecular weight is 218 g/mol. The molecule has 1 fully saturated rings. The number of ketones is 1. The zero-order valence-electron chi connectivity index (χ0n) is 9.41. The van der Waals surface area contributed by atoms with Crippen molar-refractivity contribution >= 4 is 11.5 Å². The van der Waals surface area contributed by atoms with E-state index in [0.29, 0.717) is 12.2 Å². The first kappa shape index (κ1) is 11.1. The van der Waals surface area contributed by atoms with Crippen molar-refractivity contribution < 1.29 is 4.79 Å². The van der Waals surface area contributed by atoms with E-state index in [-0.39, 0.29) is 5.92 Å². The normalized spacial score (nSPS) is 19.6. The summed E-state index contributed by atoms with van der Waals surface area (Å²) < 4.78 is 0. The maximum atomic E-state index is 11.8. The summed E-state index contributed by atoms with van der Waals surface area (Å²) in [7, 11) is 0. The quantitative estimate of drug-likeness (QED) is 0.790. The summed E-state index contributed by atoms with van der Waals surface area (Å²) in [5.41, 5.74) is 1.08. The second kappa shape index (κ2) is 5.66. The van der Waals surface area contributed by atoms with E-state index in [0.717, 1.165) is 31.7 Å². The third kappa shape index (κ3) is 3.07. The summed E-state index contributed by atoms with van der Waals surface area (Å²) in [5.74, 6) is 0.631. The first-order valence-corrected chi connectivity index (χ1v) is 5.88. The summed E-state index contributed by atoms with van der Waals surface area (Å²) in [6, 6.07) is 10.00. The van der Waals surface area contributed by atoms with Crippen molar-refractivity contribution in [1.29, 1.82) is 0 Å². The molecule has 2 N–H and O–H groups in total. The van der Waals surface area contributed by atoms with Crippen LogP contribution in [0.3, 0.4) is 0 Å². The van der Waals surface area contributed by atoms with Crippen LogP contribution < -0.4 is 10.6 Å². The molecule has 1 aromatic carbocycles. The fraction of sp³-hybridized carbons (Fsp3) is 0.462. The Kier molecular flexibility index (Phi) is 3.94. The van der Waals surface area contributed by atoms with Crippen molar-refractivity contribution in [2.75, 3.05) is 25.0 Å². The van der Waals surface area contributed by atoms with Crippen LogP contribution in [0, 0.1) is 5.92 Å². The van der Waals surface area contributed by atoms with Crippen LogP contribution in [0.5, 0.6) is 0 Å². The lowest BCUT2D eigenvalue weighted by Crippen LogP contribution is -2.20. The molecule has 1 heterocycles. The van der Waals surface area contributed by atoms with Gasteiger partial charge in [0.25, 0.3) is 0 Å². The second-order valence-electron chi connectivity index (χ2n) is 4.20. The number of Topliss-reactive ketones (excluding diaryl/α,β-unsaturated/α-hetero) is 1. The number of para-hydroxylation sites is 1. The summed E-state index contributed by atoms with van der Waals surface area (Å²) in [4.78, 5) is 11.8. The van der Waals surface area contributed by atoms with Crippen molar-refractivity contribution in [3.05, 3.63) is 30.3 Å². The van der Waals surface area contributed by atoms with Crippen molar-refractivity contribution in [2.45, 2.75) is 12.8 Å². The highest BCUT2D eigenvalue weighted by atomic mass is 16.1. The van der Waals surface area contributed by atoms with Crippen LogP contribution in [0.25, 0.3) is 0 Å². The van der Waals surface area contributed by atoms with Gasteiger partial charge in [-0.3, -0.25) is 4.79 Å². The van der Waals surface area contributed by atoms with E-state index in [4.69, 9.17) is 0 Å². The van der Waals surface area contributed by atoms with E-state index in [1.54, 1.807) is 0 Å². The Balaban J connectivity index is 1.70. The molecule has 1 aliphatic rings. The molecular formula is C13H18N2O. The Morgan fingerprint density at radius 3 is 2.88 bits per heavy atom. The van der Waals surface area contributed by atoms with Gasteiger partial charge in [-0.05, 0) is 25.1 Å². The Labute approximate surface area is 96.2 Å². The van der Waals surface area contributed by atoms with Gasteiger partial charge in [-0.1, -0.05) is 18.2 Å². The van der Waals surface area contributed by atoms with Gasteiger partial charge in [-0.15, -0.1) is 0 Å². The Morgan fingerprint density at radius 1 is 1.38 bits per heavy atom. The predicted octanol–water partition coefficient (Wildman–Crippen LogP) is 1.67. The Bertz CT molecular complexity index is 331. The van der Waals surface area contributed by atoms with Gasteiger partial charge in [0.05, 0.1) is 0 Å².